The number of carbonyl (C=O) groups is 2. The molecule has 0 unspecified atom stereocenters. The Morgan fingerprint density at radius 1 is 1.18 bits per heavy atom. The predicted molar refractivity (Wildman–Crippen MR) is 111 cm³/mol. The van der Waals surface area contributed by atoms with Crippen molar-refractivity contribution < 1.29 is 9.59 Å². The van der Waals surface area contributed by atoms with Crippen LogP contribution in [0.25, 0.3) is 0 Å². The lowest BCUT2D eigenvalue weighted by atomic mass is 10.0. The zero-order valence-electron chi connectivity index (χ0n) is 16.0. The summed E-state index contributed by atoms with van der Waals surface area (Å²) < 4.78 is 0. The fraction of sp³-hybridized carbons (Fsp3) is 0.364. The van der Waals surface area contributed by atoms with E-state index in [-0.39, 0.29) is 18.0 Å². The zero-order valence-corrected chi connectivity index (χ0v) is 16.7. The van der Waals surface area contributed by atoms with Gasteiger partial charge < -0.3 is 15.1 Å². The standard InChI is InChI=1S/C22H24ClN3O2/c1-25-19-13-16(21(27)24-14-15-6-5-7-17(23)12-15)9-10-18(19)22(28)26-11-4-2-3-8-20(25)26/h5-7,9-10,12-13,20H,2-4,8,11,14H2,1H3,(H,24,27)/t20-/m1/s1. The molecule has 2 heterocycles. The minimum Gasteiger partial charge on any atom is -0.354 e. The molecule has 1 N–H and O–H groups in total. The van der Waals surface area contributed by atoms with Crippen molar-refractivity contribution in [3.05, 3.63) is 64.2 Å². The summed E-state index contributed by atoms with van der Waals surface area (Å²) in [6.45, 7) is 1.21. The molecule has 1 saturated heterocycles. The van der Waals surface area contributed by atoms with Gasteiger partial charge in [0, 0.05) is 30.7 Å². The van der Waals surface area contributed by atoms with Gasteiger partial charge in [-0.3, -0.25) is 9.59 Å². The average molecular weight is 398 g/mol. The second-order valence-electron chi connectivity index (χ2n) is 7.48. The van der Waals surface area contributed by atoms with Crippen molar-refractivity contribution in [2.45, 2.75) is 38.4 Å². The van der Waals surface area contributed by atoms with E-state index in [9.17, 15) is 9.59 Å². The van der Waals surface area contributed by atoms with Crippen molar-refractivity contribution in [1.29, 1.82) is 0 Å². The maximum atomic E-state index is 13.0. The number of fused-ring (bicyclic) bond motifs is 2. The van der Waals surface area contributed by atoms with Crippen LogP contribution in [0.15, 0.2) is 42.5 Å². The third kappa shape index (κ3) is 3.59. The average Bonchev–Trinajstić information content (AvgIpc) is 2.96. The first kappa shape index (κ1) is 18.8. The van der Waals surface area contributed by atoms with Gasteiger partial charge in [0.1, 0.15) is 6.17 Å². The van der Waals surface area contributed by atoms with Crippen LogP contribution in [0.5, 0.6) is 0 Å². The molecule has 1 atom stereocenters. The molecule has 0 aromatic heterocycles. The maximum absolute atomic E-state index is 13.0. The van der Waals surface area contributed by atoms with Gasteiger partial charge in [-0.15, -0.1) is 0 Å². The molecule has 2 aliphatic rings. The summed E-state index contributed by atoms with van der Waals surface area (Å²) in [4.78, 5) is 29.7. The molecule has 0 saturated carbocycles. The van der Waals surface area contributed by atoms with Gasteiger partial charge in [0.05, 0.1) is 11.3 Å². The highest BCUT2D eigenvalue weighted by molar-refractivity contribution is 6.30. The van der Waals surface area contributed by atoms with Crippen LogP contribution in [0.1, 0.15) is 52.0 Å². The molecule has 2 aromatic rings. The smallest absolute Gasteiger partial charge is 0.257 e. The summed E-state index contributed by atoms with van der Waals surface area (Å²) in [5, 5.41) is 3.58. The molecule has 2 aromatic carbocycles. The Morgan fingerprint density at radius 2 is 2.04 bits per heavy atom. The van der Waals surface area contributed by atoms with Crippen molar-refractivity contribution in [3.63, 3.8) is 0 Å². The van der Waals surface area contributed by atoms with Gasteiger partial charge in [0.2, 0.25) is 0 Å². The Bertz CT molecular complexity index is 914. The summed E-state index contributed by atoms with van der Waals surface area (Å²) in [7, 11) is 2.02. The molecule has 5 nitrogen and oxygen atoms in total. The molecule has 2 aliphatic heterocycles. The second-order valence-corrected chi connectivity index (χ2v) is 7.92. The molecule has 4 rings (SSSR count). The van der Waals surface area contributed by atoms with Gasteiger partial charge in [-0.1, -0.05) is 30.2 Å². The maximum Gasteiger partial charge on any atom is 0.257 e. The molecule has 0 spiro atoms. The van der Waals surface area contributed by atoms with Gasteiger partial charge in [-0.25, -0.2) is 0 Å². The van der Waals surface area contributed by atoms with Gasteiger partial charge in [0.25, 0.3) is 11.8 Å². The van der Waals surface area contributed by atoms with Crippen LogP contribution in [-0.2, 0) is 6.54 Å². The zero-order chi connectivity index (χ0) is 19.7. The highest BCUT2D eigenvalue weighted by Crippen LogP contribution is 2.34. The number of rotatable bonds is 3. The van der Waals surface area contributed by atoms with Gasteiger partial charge in [-0.2, -0.15) is 0 Å². The van der Waals surface area contributed by atoms with Crippen LogP contribution in [0, 0.1) is 0 Å². The quantitative estimate of drug-likeness (QED) is 0.849. The molecule has 146 valence electrons. The molecular formula is C22H24ClN3O2. The van der Waals surface area contributed by atoms with E-state index in [1.807, 2.05) is 36.2 Å². The first-order valence-corrected chi connectivity index (χ1v) is 10.1. The van der Waals surface area contributed by atoms with Crippen molar-refractivity contribution in [2.75, 3.05) is 18.5 Å². The molecule has 6 heteroatoms. The van der Waals surface area contributed by atoms with Crippen LogP contribution in [0.3, 0.4) is 0 Å². The monoisotopic (exact) mass is 397 g/mol. The Hall–Kier alpha value is -2.53. The van der Waals surface area contributed by atoms with Crippen LogP contribution in [0.4, 0.5) is 5.69 Å². The number of anilines is 1. The highest BCUT2D eigenvalue weighted by atomic mass is 35.5. The number of hydrogen-bond donors (Lipinski definition) is 1. The lowest BCUT2D eigenvalue weighted by Crippen LogP contribution is -2.53. The van der Waals surface area contributed by atoms with Crippen LogP contribution >= 0.6 is 11.6 Å². The molecular weight excluding hydrogens is 374 g/mol. The number of nitrogens with one attached hydrogen (secondary N) is 1. The lowest BCUT2D eigenvalue weighted by molar-refractivity contribution is 0.0661. The largest absolute Gasteiger partial charge is 0.354 e. The lowest BCUT2D eigenvalue weighted by Gasteiger charge is -2.43. The van der Waals surface area contributed by atoms with E-state index < -0.39 is 0 Å². The number of hydrogen-bond acceptors (Lipinski definition) is 3. The van der Waals surface area contributed by atoms with Crippen molar-refractivity contribution in [1.82, 2.24) is 10.2 Å². The van der Waals surface area contributed by atoms with Gasteiger partial charge in [-0.05, 0) is 55.2 Å². The summed E-state index contributed by atoms with van der Waals surface area (Å²) in [6.07, 6.45) is 4.37. The Labute approximate surface area is 170 Å². The first-order valence-electron chi connectivity index (χ1n) is 9.75. The van der Waals surface area contributed by atoms with E-state index in [0.29, 0.717) is 22.7 Å². The molecule has 28 heavy (non-hydrogen) atoms. The Morgan fingerprint density at radius 3 is 2.86 bits per heavy atom. The van der Waals surface area contributed by atoms with Crippen molar-refractivity contribution in [3.8, 4) is 0 Å². The fourth-order valence-corrected chi connectivity index (χ4v) is 4.34. The van der Waals surface area contributed by atoms with E-state index in [1.54, 1.807) is 18.2 Å². The summed E-state index contributed by atoms with van der Waals surface area (Å²) >= 11 is 6.00. The normalized spacial score (nSPS) is 18.9. The number of benzene rings is 2. The third-order valence-electron chi connectivity index (χ3n) is 5.64. The number of halogens is 1. The van der Waals surface area contributed by atoms with Crippen molar-refractivity contribution >= 4 is 29.1 Å². The van der Waals surface area contributed by atoms with Gasteiger partial charge >= 0.3 is 0 Å². The van der Waals surface area contributed by atoms with E-state index in [0.717, 1.165) is 43.5 Å². The molecule has 2 amide bonds. The van der Waals surface area contributed by atoms with Gasteiger partial charge in [0.15, 0.2) is 0 Å². The fourth-order valence-electron chi connectivity index (χ4n) is 4.12. The summed E-state index contributed by atoms with van der Waals surface area (Å²) in [6, 6.07) is 12.8. The molecule has 0 aliphatic carbocycles. The van der Waals surface area contributed by atoms with Crippen LogP contribution in [0.2, 0.25) is 5.02 Å². The predicted octanol–water partition coefficient (Wildman–Crippen LogP) is 4.06. The molecule has 0 bridgehead atoms. The van der Waals surface area contributed by atoms with Crippen LogP contribution < -0.4 is 10.2 Å². The van der Waals surface area contributed by atoms with E-state index in [4.69, 9.17) is 11.6 Å². The second kappa shape index (κ2) is 7.84. The Balaban J connectivity index is 1.55. The SMILES string of the molecule is CN1c2cc(C(=O)NCc3cccc(Cl)c3)ccc2C(=O)N2CCCCC[C@@H]21. The summed E-state index contributed by atoms with van der Waals surface area (Å²) in [5.41, 5.74) is 3.01. The highest BCUT2D eigenvalue weighted by Gasteiger charge is 2.36. The number of nitrogens with zero attached hydrogens (tertiary/aromatic N) is 2. The van der Waals surface area contributed by atoms with E-state index >= 15 is 0 Å². The van der Waals surface area contributed by atoms with E-state index in [1.165, 1.54) is 0 Å². The molecule has 0 radical (unpaired) electrons. The third-order valence-corrected chi connectivity index (χ3v) is 5.88. The number of amides is 2. The van der Waals surface area contributed by atoms with Crippen molar-refractivity contribution in [2.24, 2.45) is 0 Å². The first-order chi connectivity index (χ1) is 13.5. The Kier molecular flexibility index (Phi) is 5.27. The minimum atomic E-state index is -0.160. The topological polar surface area (TPSA) is 52.7 Å². The summed E-state index contributed by atoms with van der Waals surface area (Å²) in [5.74, 6) is -0.0854. The van der Waals surface area contributed by atoms with E-state index in [2.05, 4.69) is 10.2 Å². The minimum absolute atomic E-state index is 0.0749. The van der Waals surface area contributed by atoms with Crippen LogP contribution in [-0.4, -0.2) is 36.5 Å². The molecule has 1 fully saturated rings. The number of carbonyl (C=O) groups excluding carboxylic acids is 2.